The lowest BCUT2D eigenvalue weighted by Crippen LogP contribution is -2.23. The van der Waals surface area contributed by atoms with Crippen molar-refractivity contribution in [3.63, 3.8) is 0 Å². The third-order valence-electron chi connectivity index (χ3n) is 2.27. The van der Waals surface area contributed by atoms with Gasteiger partial charge in [0.2, 0.25) is 0 Å². The molecule has 0 aromatic heterocycles. The highest BCUT2D eigenvalue weighted by Gasteiger charge is 1.89. The largest absolute Gasteiger partial charge is 0.0843 e. The maximum Gasteiger partial charge on any atom is 0.0412 e. The van der Waals surface area contributed by atoms with E-state index < -0.39 is 0 Å². The maximum atomic E-state index is 5.98. The van der Waals surface area contributed by atoms with E-state index in [1.165, 1.54) is 16.0 Å². The minimum absolute atomic E-state index is 0.788. The molecule has 0 nitrogen and oxygen atoms in total. The Balaban J connectivity index is 3.36. The number of allylic oxidation sites excluding steroid dienone is 2. The third kappa shape index (κ3) is 3.56. The van der Waals surface area contributed by atoms with Gasteiger partial charge in [-0.05, 0) is 42.8 Å². The van der Waals surface area contributed by atoms with Crippen LogP contribution in [0.15, 0.2) is 29.8 Å². The standard InChI is InChI=1S/C14H17Cl/c1-4-6-11(3)9-13-10-14(15)8-7-12(13)5-2/h5-10H,4H2,1-3H3/b11-6-,12-5-,13-9-. The second kappa shape index (κ2) is 5.77. The molecule has 1 rings (SSSR count). The van der Waals surface area contributed by atoms with Crippen molar-refractivity contribution in [3.05, 3.63) is 45.3 Å². The van der Waals surface area contributed by atoms with E-state index in [4.69, 9.17) is 11.6 Å². The van der Waals surface area contributed by atoms with Crippen LogP contribution in [0.2, 0.25) is 5.02 Å². The summed E-state index contributed by atoms with van der Waals surface area (Å²) >= 11 is 5.98. The zero-order chi connectivity index (χ0) is 11.3. The Hall–Kier alpha value is -1.01. The minimum atomic E-state index is 0.788. The number of halogens is 1. The number of benzene rings is 1. The summed E-state index contributed by atoms with van der Waals surface area (Å²) in [6.07, 6.45) is 7.54. The van der Waals surface area contributed by atoms with Crippen molar-refractivity contribution in [2.45, 2.75) is 27.2 Å². The lowest BCUT2D eigenvalue weighted by Gasteiger charge is -1.94. The summed E-state index contributed by atoms with van der Waals surface area (Å²) < 4.78 is 0. The molecule has 0 amide bonds. The number of hydrogen-bond donors (Lipinski definition) is 0. The van der Waals surface area contributed by atoms with E-state index in [2.05, 4.69) is 32.1 Å². The number of hydrogen-bond acceptors (Lipinski definition) is 0. The summed E-state index contributed by atoms with van der Waals surface area (Å²) in [5, 5.41) is 3.20. The highest BCUT2D eigenvalue weighted by molar-refractivity contribution is 6.30. The van der Waals surface area contributed by atoms with Gasteiger partial charge in [-0.1, -0.05) is 48.4 Å². The van der Waals surface area contributed by atoms with Crippen molar-refractivity contribution in [1.29, 1.82) is 0 Å². The molecule has 0 heterocycles. The van der Waals surface area contributed by atoms with E-state index in [9.17, 15) is 0 Å². The summed E-state index contributed by atoms with van der Waals surface area (Å²) in [6.45, 7) is 6.30. The predicted molar refractivity (Wildman–Crippen MR) is 69.4 cm³/mol. The molecule has 0 atom stereocenters. The van der Waals surface area contributed by atoms with Gasteiger partial charge >= 0.3 is 0 Å². The molecule has 15 heavy (non-hydrogen) atoms. The molecule has 0 saturated heterocycles. The molecule has 0 aliphatic rings. The van der Waals surface area contributed by atoms with Gasteiger partial charge in [-0.25, -0.2) is 0 Å². The van der Waals surface area contributed by atoms with Gasteiger partial charge in [-0.2, -0.15) is 0 Å². The Bertz CT molecular complexity index is 467. The van der Waals surface area contributed by atoms with Crippen LogP contribution in [0.25, 0.3) is 12.2 Å². The molecule has 1 heteroatoms. The molecule has 0 fully saturated rings. The van der Waals surface area contributed by atoms with Gasteiger partial charge in [-0.15, -0.1) is 0 Å². The van der Waals surface area contributed by atoms with Crippen molar-refractivity contribution in [2.75, 3.05) is 0 Å². The average Bonchev–Trinajstić information content (AvgIpc) is 2.18. The van der Waals surface area contributed by atoms with Crippen molar-refractivity contribution in [1.82, 2.24) is 0 Å². The molecule has 0 bridgehead atoms. The monoisotopic (exact) mass is 220 g/mol. The normalized spacial score (nSPS) is 14.8. The molecule has 0 saturated carbocycles. The summed E-state index contributed by atoms with van der Waals surface area (Å²) in [6, 6.07) is 5.98. The smallest absolute Gasteiger partial charge is 0.0412 e. The van der Waals surface area contributed by atoms with Gasteiger partial charge < -0.3 is 0 Å². The van der Waals surface area contributed by atoms with Crippen LogP contribution in [-0.2, 0) is 0 Å². The molecule has 0 spiro atoms. The first-order valence-electron chi connectivity index (χ1n) is 5.27. The van der Waals surface area contributed by atoms with Crippen LogP contribution in [0.5, 0.6) is 0 Å². The van der Waals surface area contributed by atoms with Crippen LogP contribution >= 0.6 is 11.6 Å². The van der Waals surface area contributed by atoms with E-state index in [1.807, 2.05) is 25.1 Å². The Kier molecular flexibility index (Phi) is 4.64. The Morgan fingerprint density at radius 1 is 1.33 bits per heavy atom. The fourth-order valence-electron chi connectivity index (χ4n) is 1.56. The Morgan fingerprint density at radius 2 is 2.07 bits per heavy atom. The molecule has 1 aromatic carbocycles. The van der Waals surface area contributed by atoms with Crippen LogP contribution in [0.3, 0.4) is 0 Å². The topological polar surface area (TPSA) is 0 Å². The van der Waals surface area contributed by atoms with Crippen molar-refractivity contribution >= 4 is 23.8 Å². The predicted octanol–water partition coefficient (Wildman–Crippen LogP) is 3.28. The molecular weight excluding hydrogens is 204 g/mol. The lowest BCUT2D eigenvalue weighted by atomic mass is 10.1. The van der Waals surface area contributed by atoms with Gasteiger partial charge in [0.05, 0.1) is 0 Å². The van der Waals surface area contributed by atoms with E-state index >= 15 is 0 Å². The summed E-state index contributed by atoms with van der Waals surface area (Å²) in [7, 11) is 0. The maximum absolute atomic E-state index is 5.98. The molecule has 1 aromatic rings. The average molecular weight is 221 g/mol. The van der Waals surface area contributed by atoms with Crippen LogP contribution in [0, 0.1) is 0 Å². The van der Waals surface area contributed by atoms with Crippen molar-refractivity contribution in [3.8, 4) is 0 Å². The van der Waals surface area contributed by atoms with E-state index in [0.717, 1.165) is 11.4 Å². The van der Waals surface area contributed by atoms with E-state index in [1.54, 1.807) is 0 Å². The zero-order valence-corrected chi connectivity index (χ0v) is 10.3. The van der Waals surface area contributed by atoms with E-state index in [-0.39, 0.29) is 0 Å². The van der Waals surface area contributed by atoms with Gasteiger partial charge in [0.15, 0.2) is 0 Å². The van der Waals surface area contributed by atoms with Crippen LogP contribution in [-0.4, -0.2) is 0 Å². The highest BCUT2D eigenvalue weighted by atomic mass is 35.5. The van der Waals surface area contributed by atoms with Gasteiger partial charge in [0.1, 0.15) is 0 Å². The second-order valence-corrected chi connectivity index (χ2v) is 4.00. The molecule has 80 valence electrons. The molecule has 0 aliphatic carbocycles. The van der Waals surface area contributed by atoms with Crippen LogP contribution < -0.4 is 10.4 Å². The zero-order valence-electron chi connectivity index (χ0n) is 9.55. The summed E-state index contributed by atoms with van der Waals surface area (Å²) in [5.74, 6) is 0. The quantitative estimate of drug-likeness (QED) is 0.718. The Labute approximate surface area is 96.6 Å². The first-order valence-corrected chi connectivity index (χ1v) is 5.65. The molecule has 0 radical (unpaired) electrons. The molecular formula is C14H17Cl. The Morgan fingerprint density at radius 3 is 2.67 bits per heavy atom. The molecule has 0 unspecified atom stereocenters. The van der Waals surface area contributed by atoms with Crippen molar-refractivity contribution < 1.29 is 0 Å². The summed E-state index contributed by atoms with van der Waals surface area (Å²) in [5.41, 5.74) is 1.28. The van der Waals surface area contributed by atoms with E-state index in [0.29, 0.717) is 0 Å². The fourth-order valence-corrected chi connectivity index (χ4v) is 1.74. The lowest BCUT2D eigenvalue weighted by molar-refractivity contribution is 1.20. The van der Waals surface area contributed by atoms with Crippen molar-refractivity contribution in [2.24, 2.45) is 0 Å². The SMILES string of the molecule is C/C=c1/ccc(Cl)c/c1=C/C(C)=C\CC. The summed E-state index contributed by atoms with van der Waals surface area (Å²) in [4.78, 5) is 0. The molecule has 0 aliphatic heterocycles. The van der Waals surface area contributed by atoms with Crippen LogP contribution in [0.1, 0.15) is 27.2 Å². The molecule has 0 N–H and O–H groups in total. The van der Waals surface area contributed by atoms with Gasteiger partial charge in [0, 0.05) is 5.02 Å². The minimum Gasteiger partial charge on any atom is -0.0843 e. The highest BCUT2D eigenvalue weighted by Crippen LogP contribution is 2.01. The first kappa shape index (κ1) is 12.1. The van der Waals surface area contributed by atoms with Gasteiger partial charge in [-0.3, -0.25) is 0 Å². The number of rotatable bonds is 2. The van der Waals surface area contributed by atoms with Crippen LogP contribution in [0.4, 0.5) is 0 Å². The first-order chi connectivity index (χ1) is 7.17. The fraction of sp³-hybridized carbons (Fsp3) is 0.286. The second-order valence-electron chi connectivity index (χ2n) is 3.56. The third-order valence-corrected chi connectivity index (χ3v) is 2.50. The van der Waals surface area contributed by atoms with Gasteiger partial charge in [0.25, 0.3) is 0 Å².